The summed E-state index contributed by atoms with van der Waals surface area (Å²) in [6.07, 6.45) is 0. The van der Waals surface area contributed by atoms with Crippen LogP contribution in [-0.4, -0.2) is 22.9 Å². The lowest BCUT2D eigenvalue weighted by atomic mass is 10.1. The zero-order valence-corrected chi connectivity index (χ0v) is 14.7. The highest BCUT2D eigenvalue weighted by Crippen LogP contribution is 2.32. The second-order valence-corrected chi connectivity index (χ2v) is 6.17. The summed E-state index contributed by atoms with van der Waals surface area (Å²) in [5.41, 5.74) is 2.83. The predicted octanol–water partition coefficient (Wildman–Crippen LogP) is 3.38. The Bertz CT molecular complexity index is 973. The largest absolute Gasteiger partial charge is 0.454 e. The van der Waals surface area contributed by atoms with Crippen molar-refractivity contribution < 1.29 is 14.3 Å². The molecule has 0 bridgehead atoms. The predicted molar refractivity (Wildman–Crippen MR) is 101 cm³/mol. The zero-order valence-electron chi connectivity index (χ0n) is 14.7. The highest BCUT2D eigenvalue weighted by Gasteiger charge is 2.16. The molecule has 7 heteroatoms. The molecule has 0 saturated carbocycles. The number of hydrogen-bond acceptors (Lipinski definition) is 6. The minimum Gasteiger partial charge on any atom is -0.454 e. The fraction of sp³-hybridized carbons (Fsp3) is 0.150. The van der Waals surface area contributed by atoms with E-state index in [1.54, 1.807) is 30.3 Å². The fourth-order valence-electron chi connectivity index (χ4n) is 2.73. The molecule has 1 amide bonds. The van der Waals surface area contributed by atoms with Gasteiger partial charge in [0.05, 0.1) is 0 Å². The Morgan fingerprint density at radius 1 is 1.00 bits per heavy atom. The molecule has 0 fully saturated rings. The van der Waals surface area contributed by atoms with E-state index in [4.69, 9.17) is 9.47 Å². The number of nitrogens with one attached hydrogen (secondary N) is 2. The van der Waals surface area contributed by atoms with Crippen molar-refractivity contribution in [1.82, 2.24) is 10.2 Å². The van der Waals surface area contributed by atoms with Gasteiger partial charge in [0.25, 0.3) is 5.91 Å². The SMILES string of the molecule is Cc1cccc(CNc2ccc(NC(=O)c3ccc4c(c3)OCO4)nn2)c1. The first-order chi connectivity index (χ1) is 13.2. The van der Waals surface area contributed by atoms with E-state index in [1.807, 2.05) is 12.1 Å². The van der Waals surface area contributed by atoms with Crippen LogP contribution in [-0.2, 0) is 6.54 Å². The second-order valence-electron chi connectivity index (χ2n) is 6.17. The zero-order chi connectivity index (χ0) is 18.6. The molecule has 2 aromatic carbocycles. The van der Waals surface area contributed by atoms with Crippen LogP contribution in [0.2, 0.25) is 0 Å². The number of benzene rings is 2. The molecule has 2 heterocycles. The summed E-state index contributed by atoms with van der Waals surface area (Å²) in [5, 5.41) is 14.1. The maximum absolute atomic E-state index is 12.4. The molecule has 0 radical (unpaired) electrons. The van der Waals surface area contributed by atoms with Gasteiger partial charge in [0, 0.05) is 12.1 Å². The van der Waals surface area contributed by atoms with Crippen LogP contribution in [0.5, 0.6) is 11.5 Å². The molecule has 27 heavy (non-hydrogen) atoms. The molecule has 136 valence electrons. The lowest BCUT2D eigenvalue weighted by molar-refractivity contribution is 0.102. The van der Waals surface area contributed by atoms with Gasteiger partial charge < -0.3 is 20.1 Å². The number of ether oxygens (including phenoxy) is 2. The van der Waals surface area contributed by atoms with Gasteiger partial charge in [-0.3, -0.25) is 4.79 Å². The average Bonchev–Trinajstić information content (AvgIpc) is 3.15. The van der Waals surface area contributed by atoms with Crippen LogP contribution in [0, 0.1) is 6.92 Å². The number of amides is 1. The molecule has 2 N–H and O–H groups in total. The minimum absolute atomic E-state index is 0.170. The molecule has 1 aliphatic rings. The van der Waals surface area contributed by atoms with Crippen LogP contribution < -0.4 is 20.1 Å². The average molecular weight is 362 g/mol. The van der Waals surface area contributed by atoms with E-state index in [1.165, 1.54) is 5.56 Å². The third-order valence-electron chi connectivity index (χ3n) is 4.10. The first-order valence-electron chi connectivity index (χ1n) is 8.51. The van der Waals surface area contributed by atoms with Crippen molar-refractivity contribution in [1.29, 1.82) is 0 Å². The Labute approximate surface area is 156 Å². The van der Waals surface area contributed by atoms with E-state index >= 15 is 0 Å². The van der Waals surface area contributed by atoms with Gasteiger partial charge in [0.1, 0.15) is 5.82 Å². The van der Waals surface area contributed by atoms with Gasteiger partial charge in [-0.1, -0.05) is 29.8 Å². The molecule has 0 spiro atoms. The summed E-state index contributed by atoms with van der Waals surface area (Å²) < 4.78 is 10.5. The number of hydrogen-bond donors (Lipinski definition) is 2. The molecule has 4 rings (SSSR count). The summed E-state index contributed by atoms with van der Waals surface area (Å²) in [6, 6.07) is 16.7. The molecule has 3 aromatic rings. The van der Waals surface area contributed by atoms with Crippen LogP contribution in [0.25, 0.3) is 0 Å². The number of aryl methyl sites for hydroxylation is 1. The Hall–Kier alpha value is -3.61. The van der Waals surface area contributed by atoms with Crippen LogP contribution in [0.3, 0.4) is 0 Å². The van der Waals surface area contributed by atoms with Gasteiger partial charge in [0.2, 0.25) is 6.79 Å². The van der Waals surface area contributed by atoms with Crippen LogP contribution in [0.4, 0.5) is 11.6 Å². The standard InChI is InChI=1S/C20H18N4O3/c1-13-3-2-4-14(9-13)11-21-18-7-8-19(24-23-18)22-20(25)15-5-6-16-17(10-15)27-12-26-16/h2-10H,11-12H2,1H3,(H,21,23)(H,22,24,25). The number of aromatic nitrogens is 2. The Balaban J connectivity index is 1.36. The first-order valence-corrected chi connectivity index (χ1v) is 8.51. The van der Waals surface area contributed by atoms with E-state index in [0.29, 0.717) is 35.2 Å². The van der Waals surface area contributed by atoms with E-state index in [0.717, 1.165) is 5.56 Å². The van der Waals surface area contributed by atoms with Crippen LogP contribution in [0.1, 0.15) is 21.5 Å². The molecule has 0 atom stereocenters. The second kappa shape index (κ2) is 7.33. The minimum atomic E-state index is -0.289. The summed E-state index contributed by atoms with van der Waals surface area (Å²) in [5.74, 6) is 1.92. The van der Waals surface area contributed by atoms with Gasteiger partial charge >= 0.3 is 0 Å². The molecule has 0 aliphatic carbocycles. The quantitative estimate of drug-likeness (QED) is 0.724. The Morgan fingerprint density at radius 3 is 2.63 bits per heavy atom. The molecule has 0 saturated heterocycles. The monoisotopic (exact) mass is 362 g/mol. The normalized spacial score (nSPS) is 11.9. The van der Waals surface area contributed by atoms with Crippen molar-refractivity contribution in [2.45, 2.75) is 13.5 Å². The van der Waals surface area contributed by atoms with E-state index < -0.39 is 0 Å². The number of carbonyl (C=O) groups is 1. The molecular weight excluding hydrogens is 344 g/mol. The number of nitrogens with zero attached hydrogens (tertiary/aromatic N) is 2. The Kier molecular flexibility index (Phi) is 4.57. The van der Waals surface area contributed by atoms with E-state index in [-0.39, 0.29) is 12.7 Å². The number of carbonyl (C=O) groups excluding carboxylic acids is 1. The smallest absolute Gasteiger partial charge is 0.257 e. The lowest BCUT2D eigenvalue weighted by Gasteiger charge is -2.08. The number of anilines is 2. The van der Waals surface area contributed by atoms with Crippen LogP contribution >= 0.6 is 0 Å². The Morgan fingerprint density at radius 2 is 1.81 bits per heavy atom. The summed E-state index contributed by atoms with van der Waals surface area (Å²) in [4.78, 5) is 12.4. The van der Waals surface area contributed by atoms with Gasteiger partial charge in [-0.15, -0.1) is 10.2 Å². The van der Waals surface area contributed by atoms with Crippen molar-refractivity contribution >= 4 is 17.5 Å². The lowest BCUT2D eigenvalue weighted by Crippen LogP contribution is -2.13. The van der Waals surface area contributed by atoms with Gasteiger partial charge in [0.15, 0.2) is 17.3 Å². The molecule has 1 aromatic heterocycles. The van der Waals surface area contributed by atoms with Gasteiger partial charge in [-0.2, -0.15) is 0 Å². The van der Waals surface area contributed by atoms with E-state index in [9.17, 15) is 4.79 Å². The third kappa shape index (κ3) is 3.98. The molecule has 1 aliphatic heterocycles. The summed E-state index contributed by atoms with van der Waals surface area (Å²) >= 11 is 0. The van der Waals surface area contributed by atoms with E-state index in [2.05, 4.69) is 39.9 Å². The van der Waals surface area contributed by atoms with Crippen molar-refractivity contribution in [2.24, 2.45) is 0 Å². The van der Waals surface area contributed by atoms with Crippen molar-refractivity contribution in [3.05, 3.63) is 71.3 Å². The number of rotatable bonds is 5. The maximum atomic E-state index is 12.4. The fourth-order valence-corrected chi connectivity index (χ4v) is 2.73. The first kappa shape index (κ1) is 16.8. The third-order valence-corrected chi connectivity index (χ3v) is 4.10. The van der Waals surface area contributed by atoms with Crippen molar-refractivity contribution in [2.75, 3.05) is 17.4 Å². The topological polar surface area (TPSA) is 85.4 Å². The van der Waals surface area contributed by atoms with Gasteiger partial charge in [-0.05, 0) is 42.8 Å². The van der Waals surface area contributed by atoms with Crippen molar-refractivity contribution in [3.63, 3.8) is 0 Å². The highest BCUT2D eigenvalue weighted by atomic mass is 16.7. The molecule has 0 unspecified atom stereocenters. The molecule has 7 nitrogen and oxygen atoms in total. The van der Waals surface area contributed by atoms with Crippen molar-refractivity contribution in [3.8, 4) is 11.5 Å². The highest BCUT2D eigenvalue weighted by molar-refractivity contribution is 6.04. The summed E-state index contributed by atoms with van der Waals surface area (Å²) in [6.45, 7) is 2.88. The van der Waals surface area contributed by atoms with Gasteiger partial charge in [-0.25, -0.2) is 0 Å². The van der Waals surface area contributed by atoms with Crippen LogP contribution in [0.15, 0.2) is 54.6 Å². The molecular formula is C20H18N4O3. The number of fused-ring (bicyclic) bond motifs is 1. The summed E-state index contributed by atoms with van der Waals surface area (Å²) in [7, 11) is 0. The maximum Gasteiger partial charge on any atom is 0.257 e.